The van der Waals surface area contributed by atoms with Crippen molar-refractivity contribution in [2.45, 2.75) is 63.7 Å². The molecule has 4 aromatic carbocycles. The van der Waals surface area contributed by atoms with Crippen molar-refractivity contribution in [3.8, 4) is 0 Å². The van der Waals surface area contributed by atoms with Crippen LogP contribution in [0.5, 0.6) is 0 Å². The van der Waals surface area contributed by atoms with Gasteiger partial charge in [0.25, 0.3) is 0 Å². The van der Waals surface area contributed by atoms with Gasteiger partial charge in [-0.1, -0.05) is 126 Å². The molecule has 4 aromatic rings. The van der Waals surface area contributed by atoms with E-state index in [1.165, 1.54) is 0 Å². The van der Waals surface area contributed by atoms with Gasteiger partial charge < -0.3 is 18.9 Å². The van der Waals surface area contributed by atoms with Crippen LogP contribution in [-0.4, -0.2) is 24.4 Å². The van der Waals surface area contributed by atoms with Crippen LogP contribution in [-0.2, 0) is 38.8 Å². The van der Waals surface area contributed by atoms with Gasteiger partial charge in [-0.05, 0) is 40.8 Å². The smallest absolute Gasteiger partial charge is 0.117 e. The van der Waals surface area contributed by atoms with E-state index >= 15 is 0 Å². The first-order valence-corrected chi connectivity index (χ1v) is 14.4. The highest BCUT2D eigenvalue weighted by Gasteiger charge is 2.48. The Morgan fingerprint density at radius 2 is 1.08 bits per heavy atom. The van der Waals surface area contributed by atoms with Gasteiger partial charge in [0, 0.05) is 4.47 Å². The Bertz CT molecular complexity index is 1270. The van der Waals surface area contributed by atoms with Crippen molar-refractivity contribution in [3.63, 3.8) is 0 Å². The zero-order valence-electron chi connectivity index (χ0n) is 22.2. The topological polar surface area (TPSA) is 36.9 Å². The fourth-order valence-electron chi connectivity index (χ4n) is 5.07. The van der Waals surface area contributed by atoms with Gasteiger partial charge in [0.15, 0.2) is 0 Å². The van der Waals surface area contributed by atoms with Gasteiger partial charge >= 0.3 is 0 Å². The molecule has 0 aromatic heterocycles. The maximum atomic E-state index is 6.81. The molecule has 1 aliphatic rings. The van der Waals surface area contributed by atoms with E-state index in [2.05, 4.69) is 71.4 Å². The lowest BCUT2D eigenvalue weighted by Crippen LogP contribution is -2.57. The van der Waals surface area contributed by atoms with Gasteiger partial charge in [0.1, 0.15) is 24.4 Å². The van der Waals surface area contributed by atoms with Crippen molar-refractivity contribution in [2.24, 2.45) is 0 Å². The summed E-state index contributed by atoms with van der Waals surface area (Å²) in [5.41, 5.74) is 4.38. The molecule has 0 radical (unpaired) electrons. The molecule has 0 amide bonds. The summed E-state index contributed by atoms with van der Waals surface area (Å²) in [5, 5.41) is 0. The minimum Gasteiger partial charge on any atom is -0.368 e. The first-order chi connectivity index (χ1) is 19.2. The van der Waals surface area contributed by atoms with Gasteiger partial charge in [-0.25, -0.2) is 0 Å². The van der Waals surface area contributed by atoms with Crippen molar-refractivity contribution in [3.05, 3.63) is 142 Å². The van der Waals surface area contributed by atoms with Crippen LogP contribution in [0.2, 0.25) is 0 Å². The second kappa shape index (κ2) is 14.0. The summed E-state index contributed by atoms with van der Waals surface area (Å²) in [4.78, 5) is 0. The largest absolute Gasteiger partial charge is 0.368 e. The SMILES string of the molecule is CC[C@H]1OC(c2cccc(Br)c2)[C@H](OCc2ccccc2)[C@@H](OCc2ccccc2)[C@@H]1OCc1ccccc1. The van der Waals surface area contributed by atoms with Crippen LogP contribution in [0.15, 0.2) is 120 Å². The van der Waals surface area contributed by atoms with Crippen LogP contribution in [0.4, 0.5) is 0 Å². The van der Waals surface area contributed by atoms with Crippen LogP contribution in [0.25, 0.3) is 0 Å². The van der Waals surface area contributed by atoms with Crippen molar-refractivity contribution in [2.75, 3.05) is 0 Å². The zero-order valence-corrected chi connectivity index (χ0v) is 23.8. The van der Waals surface area contributed by atoms with E-state index < -0.39 is 0 Å². The monoisotopic (exact) mass is 586 g/mol. The van der Waals surface area contributed by atoms with Crippen molar-refractivity contribution < 1.29 is 18.9 Å². The molecule has 0 N–H and O–H groups in total. The maximum absolute atomic E-state index is 6.81. The van der Waals surface area contributed by atoms with Gasteiger partial charge in [0.2, 0.25) is 0 Å². The molecule has 39 heavy (non-hydrogen) atoms. The molecule has 0 aliphatic carbocycles. The van der Waals surface area contributed by atoms with Crippen LogP contribution in [0.1, 0.15) is 41.7 Å². The molecule has 5 heteroatoms. The first-order valence-electron chi connectivity index (χ1n) is 13.6. The number of hydrogen-bond acceptors (Lipinski definition) is 4. The molecular formula is C34H35BrO4. The lowest BCUT2D eigenvalue weighted by molar-refractivity contribution is -0.267. The Morgan fingerprint density at radius 1 is 0.590 bits per heavy atom. The summed E-state index contributed by atoms with van der Waals surface area (Å²) in [6.07, 6.45) is -0.709. The number of hydrogen-bond donors (Lipinski definition) is 0. The third kappa shape index (κ3) is 7.44. The van der Waals surface area contributed by atoms with E-state index in [-0.39, 0.29) is 30.5 Å². The Kier molecular flexibility index (Phi) is 9.97. The molecule has 1 heterocycles. The van der Waals surface area contributed by atoms with Crippen LogP contribution < -0.4 is 0 Å². The predicted octanol–water partition coefficient (Wildman–Crippen LogP) is 8.06. The minimum absolute atomic E-state index is 0.157. The number of halogens is 1. The summed E-state index contributed by atoms with van der Waals surface area (Å²) >= 11 is 3.64. The average Bonchev–Trinajstić information content (AvgIpc) is 2.99. The Labute approximate surface area is 240 Å². The Balaban J connectivity index is 1.48. The molecule has 5 atom stereocenters. The van der Waals surface area contributed by atoms with Gasteiger partial charge in [-0.15, -0.1) is 0 Å². The molecule has 1 fully saturated rings. The molecule has 0 spiro atoms. The maximum Gasteiger partial charge on any atom is 0.117 e. The highest BCUT2D eigenvalue weighted by atomic mass is 79.9. The molecule has 0 bridgehead atoms. The molecule has 1 saturated heterocycles. The fraction of sp³-hybridized carbons (Fsp3) is 0.294. The zero-order chi connectivity index (χ0) is 26.9. The van der Waals surface area contributed by atoms with E-state index in [1.54, 1.807) is 0 Å². The van der Waals surface area contributed by atoms with E-state index in [0.717, 1.165) is 33.1 Å². The summed E-state index contributed by atoms with van der Waals surface area (Å²) in [6, 6.07) is 39.0. The minimum atomic E-state index is -0.383. The second-order valence-electron chi connectivity index (χ2n) is 9.84. The van der Waals surface area contributed by atoms with Crippen LogP contribution in [0, 0.1) is 0 Å². The number of rotatable bonds is 11. The lowest BCUT2D eigenvalue weighted by atomic mass is 9.89. The number of ether oxygens (including phenoxy) is 4. The first kappa shape index (κ1) is 27.8. The second-order valence-corrected chi connectivity index (χ2v) is 10.8. The summed E-state index contributed by atoms with van der Waals surface area (Å²) < 4.78 is 27.9. The summed E-state index contributed by atoms with van der Waals surface area (Å²) in [7, 11) is 0. The van der Waals surface area contributed by atoms with Gasteiger partial charge in [0.05, 0.1) is 25.9 Å². The molecule has 5 rings (SSSR count). The van der Waals surface area contributed by atoms with Crippen LogP contribution >= 0.6 is 15.9 Å². The van der Waals surface area contributed by atoms with E-state index in [1.807, 2.05) is 66.7 Å². The molecular weight excluding hydrogens is 552 g/mol. The third-order valence-corrected chi connectivity index (χ3v) is 7.56. The average molecular weight is 588 g/mol. The van der Waals surface area contributed by atoms with Crippen molar-refractivity contribution in [1.29, 1.82) is 0 Å². The lowest BCUT2D eigenvalue weighted by Gasteiger charge is -2.46. The molecule has 1 aliphatic heterocycles. The van der Waals surface area contributed by atoms with E-state index in [4.69, 9.17) is 18.9 Å². The van der Waals surface area contributed by atoms with Gasteiger partial charge in [-0.2, -0.15) is 0 Å². The van der Waals surface area contributed by atoms with E-state index in [9.17, 15) is 0 Å². The fourth-order valence-corrected chi connectivity index (χ4v) is 5.49. The Hall–Kier alpha value is -2.80. The molecule has 0 saturated carbocycles. The normalized spacial score (nSPS) is 23.0. The standard InChI is InChI=1S/C34H35BrO4/c1-2-30-32(36-22-25-13-6-3-7-14-25)34(38-24-27-17-10-5-11-18-27)33(37-23-26-15-8-4-9-16-26)31(39-30)28-19-12-20-29(35)21-28/h3-21,30-34H,2,22-24H2,1H3/t30-,31?,32-,33+,34+/m1/s1. The predicted molar refractivity (Wildman–Crippen MR) is 157 cm³/mol. The Morgan fingerprint density at radius 3 is 1.56 bits per heavy atom. The van der Waals surface area contributed by atoms with Crippen molar-refractivity contribution in [1.82, 2.24) is 0 Å². The molecule has 202 valence electrons. The third-order valence-electron chi connectivity index (χ3n) is 7.07. The highest BCUT2D eigenvalue weighted by molar-refractivity contribution is 9.10. The molecule has 1 unspecified atom stereocenters. The quantitative estimate of drug-likeness (QED) is 0.178. The summed E-state index contributed by atoms with van der Waals surface area (Å²) in [5.74, 6) is 0. The van der Waals surface area contributed by atoms with E-state index in [0.29, 0.717) is 19.8 Å². The van der Waals surface area contributed by atoms with Crippen LogP contribution in [0.3, 0.4) is 0 Å². The summed E-state index contributed by atoms with van der Waals surface area (Å²) in [6.45, 7) is 3.53. The van der Waals surface area contributed by atoms with Gasteiger partial charge in [-0.3, -0.25) is 0 Å². The highest BCUT2D eigenvalue weighted by Crippen LogP contribution is 2.39. The number of benzene rings is 4. The van der Waals surface area contributed by atoms with Crippen molar-refractivity contribution >= 4 is 15.9 Å². The molecule has 4 nitrogen and oxygen atoms in total.